The smallest absolute Gasteiger partial charge is 0.304 e. The number of H-pyrrole nitrogens is 1. The zero-order chi connectivity index (χ0) is 30.0. The van der Waals surface area contributed by atoms with E-state index in [0.717, 1.165) is 39.2 Å². The topological polar surface area (TPSA) is 111 Å². The molecule has 2 amide bonds. The fourth-order valence-electron chi connectivity index (χ4n) is 5.70. The van der Waals surface area contributed by atoms with E-state index in [9.17, 15) is 19.5 Å². The summed E-state index contributed by atoms with van der Waals surface area (Å²) in [6.07, 6.45) is 4.28. The van der Waals surface area contributed by atoms with E-state index in [2.05, 4.69) is 39.9 Å². The van der Waals surface area contributed by atoms with Crippen LogP contribution in [0.3, 0.4) is 0 Å². The molecule has 2 atom stereocenters. The minimum Gasteiger partial charge on any atom is -0.481 e. The van der Waals surface area contributed by atoms with Crippen molar-refractivity contribution in [3.05, 3.63) is 120 Å². The van der Waals surface area contributed by atoms with Crippen molar-refractivity contribution in [1.29, 1.82) is 0 Å². The van der Waals surface area contributed by atoms with Gasteiger partial charge in [0.05, 0.1) is 6.42 Å². The zero-order valence-electron chi connectivity index (χ0n) is 24.1. The number of aromatic amines is 1. The third-order valence-corrected chi connectivity index (χ3v) is 7.96. The number of aromatic nitrogens is 1. The Bertz CT molecular complexity index is 1690. The van der Waals surface area contributed by atoms with Gasteiger partial charge in [-0.05, 0) is 59.2 Å². The maximum atomic E-state index is 13.6. The molecule has 0 fully saturated rings. The highest BCUT2D eigenvalue weighted by molar-refractivity contribution is 5.91. The highest BCUT2D eigenvalue weighted by Crippen LogP contribution is 2.23. The van der Waals surface area contributed by atoms with Crippen LogP contribution in [-0.4, -0.2) is 40.5 Å². The second kappa shape index (κ2) is 14.3. The predicted octanol–water partition coefficient (Wildman–Crippen LogP) is 5.82. The molecule has 0 spiro atoms. The molecule has 5 aromatic rings. The van der Waals surface area contributed by atoms with Crippen LogP contribution < -0.4 is 10.6 Å². The average Bonchev–Trinajstić information content (AvgIpc) is 3.43. The Balaban J connectivity index is 1.28. The molecule has 43 heavy (non-hydrogen) atoms. The van der Waals surface area contributed by atoms with E-state index in [1.54, 1.807) is 0 Å². The maximum absolute atomic E-state index is 13.6. The van der Waals surface area contributed by atoms with Crippen LogP contribution in [0, 0.1) is 5.92 Å². The lowest BCUT2D eigenvalue weighted by molar-refractivity contribution is -0.141. The molecule has 5 rings (SSSR count). The quantitative estimate of drug-likeness (QED) is 0.134. The first-order chi connectivity index (χ1) is 21.0. The Hall–Kier alpha value is -4.91. The summed E-state index contributed by atoms with van der Waals surface area (Å²) in [5.41, 5.74) is 4.13. The van der Waals surface area contributed by atoms with E-state index in [1.165, 1.54) is 5.56 Å². The highest BCUT2D eigenvalue weighted by atomic mass is 16.4. The van der Waals surface area contributed by atoms with Crippen molar-refractivity contribution in [2.45, 2.75) is 44.6 Å². The fourth-order valence-corrected chi connectivity index (χ4v) is 5.70. The summed E-state index contributed by atoms with van der Waals surface area (Å²) in [5, 5.41) is 18.8. The molecule has 0 saturated carbocycles. The van der Waals surface area contributed by atoms with Crippen molar-refractivity contribution in [2.24, 2.45) is 5.92 Å². The molecule has 0 unspecified atom stereocenters. The van der Waals surface area contributed by atoms with Crippen LogP contribution in [0.15, 0.2) is 103 Å². The predicted molar refractivity (Wildman–Crippen MR) is 170 cm³/mol. The van der Waals surface area contributed by atoms with E-state index in [-0.39, 0.29) is 18.7 Å². The molecule has 7 heteroatoms. The minimum atomic E-state index is -1.04. The van der Waals surface area contributed by atoms with Gasteiger partial charge in [-0.25, -0.2) is 0 Å². The molecule has 0 bridgehead atoms. The van der Waals surface area contributed by atoms with Crippen molar-refractivity contribution >= 4 is 39.5 Å². The summed E-state index contributed by atoms with van der Waals surface area (Å²) >= 11 is 0. The van der Waals surface area contributed by atoms with Crippen molar-refractivity contribution in [3.8, 4) is 0 Å². The Morgan fingerprint density at radius 3 is 2.28 bits per heavy atom. The summed E-state index contributed by atoms with van der Waals surface area (Å²) in [7, 11) is 0. The number of carboxylic acid groups (broad SMARTS) is 1. The first kappa shape index (κ1) is 29.6. The number of carboxylic acids is 1. The van der Waals surface area contributed by atoms with Crippen molar-refractivity contribution in [1.82, 2.24) is 15.6 Å². The first-order valence-corrected chi connectivity index (χ1v) is 14.8. The molecule has 0 aliphatic heterocycles. The molecule has 0 aliphatic carbocycles. The SMILES string of the molecule is O=C(O)C[C@@H](CCCc1cccc2ccccc12)C(=O)N[C@@H](Cc1c[nH]c2ccccc12)C(=O)NCCc1ccccc1. The Morgan fingerprint density at radius 1 is 0.744 bits per heavy atom. The molecule has 1 aromatic heterocycles. The maximum Gasteiger partial charge on any atom is 0.304 e. The van der Waals surface area contributed by atoms with E-state index >= 15 is 0 Å². The molecular formula is C36H37N3O4. The van der Waals surface area contributed by atoms with Gasteiger partial charge in [0.25, 0.3) is 0 Å². The van der Waals surface area contributed by atoms with Gasteiger partial charge in [0.2, 0.25) is 11.8 Å². The normalized spacial score (nSPS) is 12.6. The van der Waals surface area contributed by atoms with Crippen molar-refractivity contribution in [3.63, 3.8) is 0 Å². The first-order valence-electron chi connectivity index (χ1n) is 14.8. The van der Waals surface area contributed by atoms with E-state index in [0.29, 0.717) is 25.8 Å². The van der Waals surface area contributed by atoms with Crippen LogP contribution in [0.1, 0.15) is 36.0 Å². The number of rotatable bonds is 14. The van der Waals surface area contributed by atoms with Gasteiger partial charge in [0.15, 0.2) is 0 Å². The monoisotopic (exact) mass is 575 g/mol. The molecule has 0 saturated heterocycles. The van der Waals surface area contributed by atoms with Crippen LogP contribution in [0.2, 0.25) is 0 Å². The summed E-state index contributed by atoms with van der Waals surface area (Å²) < 4.78 is 0. The number of hydrogen-bond acceptors (Lipinski definition) is 3. The molecule has 0 radical (unpaired) electrons. The summed E-state index contributed by atoms with van der Waals surface area (Å²) in [6.45, 7) is 0.423. The van der Waals surface area contributed by atoms with E-state index < -0.39 is 23.8 Å². The molecule has 1 heterocycles. The Morgan fingerprint density at radius 2 is 1.47 bits per heavy atom. The second-order valence-corrected chi connectivity index (χ2v) is 11.0. The van der Waals surface area contributed by atoms with Gasteiger partial charge in [-0.2, -0.15) is 0 Å². The Kier molecular flexibility index (Phi) is 9.85. The summed E-state index contributed by atoms with van der Waals surface area (Å²) in [4.78, 5) is 42.0. The number of para-hydroxylation sites is 1. The van der Waals surface area contributed by atoms with Gasteiger partial charge in [-0.1, -0.05) is 91.0 Å². The highest BCUT2D eigenvalue weighted by Gasteiger charge is 2.28. The zero-order valence-corrected chi connectivity index (χ0v) is 24.1. The lowest BCUT2D eigenvalue weighted by Gasteiger charge is -2.22. The average molecular weight is 576 g/mol. The van der Waals surface area contributed by atoms with Gasteiger partial charge in [-0.3, -0.25) is 14.4 Å². The minimum absolute atomic E-state index is 0.280. The fraction of sp³-hybridized carbons (Fsp3) is 0.250. The summed E-state index contributed by atoms with van der Waals surface area (Å²) in [6, 6.07) is 31.2. The number of aliphatic carboxylic acids is 1. The largest absolute Gasteiger partial charge is 0.481 e. The number of hydrogen-bond donors (Lipinski definition) is 4. The molecule has 7 nitrogen and oxygen atoms in total. The number of aryl methyl sites for hydroxylation is 1. The summed E-state index contributed by atoms with van der Waals surface area (Å²) in [5.74, 6) is -2.50. The van der Waals surface area contributed by atoms with Crippen LogP contribution in [-0.2, 0) is 33.6 Å². The third-order valence-electron chi connectivity index (χ3n) is 7.96. The van der Waals surface area contributed by atoms with E-state index in [1.807, 2.05) is 79.0 Å². The van der Waals surface area contributed by atoms with Crippen LogP contribution >= 0.6 is 0 Å². The number of carbonyl (C=O) groups excluding carboxylic acids is 2. The lowest BCUT2D eigenvalue weighted by Crippen LogP contribution is -2.50. The molecular weight excluding hydrogens is 538 g/mol. The standard InChI is InChI=1S/C36H37N3O4/c40-34(41)23-28(16-9-15-27-14-8-13-26-12-4-5-17-30(26)27)35(42)39-33(22-29-24-38-32-19-7-6-18-31(29)32)36(43)37-21-20-25-10-2-1-3-11-25/h1-8,10-14,17-19,24,28,33,38H,9,15-16,20-23H2,(H,37,43)(H,39,42)(H,40,41)/t28-,33+/m1/s1. The number of fused-ring (bicyclic) bond motifs is 2. The van der Waals surface area contributed by atoms with Gasteiger partial charge in [-0.15, -0.1) is 0 Å². The molecule has 4 N–H and O–H groups in total. The van der Waals surface area contributed by atoms with Crippen LogP contribution in [0.5, 0.6) is 0 Å². The number of amides is 2. The van der Waals surface area contributed by atoms with Crippen LogP contribution in [0.4, 0.5) is 0 Å². The third kappa shape index (κ3) is 7.89. The van der Waals surface area contributed by atoms with Crippen molar-refractivity contribution in [2.75, 3.05) is 6.54 Å². The van der Waals surface area contributed by atoms with Gasteiger partial charge >= 0.3 is 5.97 Å². The van der Waals surface area contributed by atoms with Crippen LogP contribution in [0.25, 0.3) is 21.7 Å². The number of benzene rings is 4. The number of carbonyl (C=O) groups is 3. The second-order valence-electron chi connectivity index (χ2n) is 11.0. The number of nitrogens with one attached hydrogen (secondary N) is 3. The van der Waals surface area contributed by atoms with Gasteiger partial charge < -0.3 is 20.7 Å². The van der Waals surface area contributed by atoms with Crippen molar-refractivity contribution < 1.29 is 19.5 Å². The molecule has 4 aromatic carbocycles. The molecule has 220 valence electrons. The van der Waals surface area contributed by atoms with Gasteiger partial charge in [0.1, 0.15) is 6.04 Å². The van der Waals surface area contributed by atoms with E-state index in [4.69, 9.17) is 0 Å². The Labute approximate surface area is 251 Å². The lowest BCUT2D eigenvalue weighted by atomic mass is 9.93. The molecule has 0 aliphatic rings. The van der Waals surface area contributed by atoms with Gasteiger partial charge in [0, 0.05) is 36.0 Å².